The number of aromatic nitrogens is 4. The topological polar surface area (TPSA) is 125 Å². The van der Waals surface area contributed by atoms with Crippen LogP contribution in [-0.4, -0.2) is 25.4 Å². The molecule has 0 unspecified atom stereocenters. The van der Waals surface area contributed by atoms with Crippen LogP contribution in [0, 0.1) is 0 Å². The molecule has 0 fully saturated rings. The van der Waals surface area contributed by atoms with Crippen LogP contribution in [0.4, 0.5) is 11.8 Å². The number of para-hydroxylation sites is 1. The Hall–Kier alpha value is -3.94. The van der Waals surface area contributed by atoms with Gasteiger partial charge in [-0.1, -0.05) is 36.4 Å². The number of primary amides is 1. The third kappa shape index (κ3) is 3.46. The summed E-state index contributed by atoms with van der Waals surface area (Å²) < 4.78 is 1.68. The molecule has 1 amide bonds. The Morgan fingerprint density at radius 1 is 1.00 bits per heavy atom. The van der Waals surface area contributed by atoms with E-state index in [0.717, 1.165) is 42.8 Å². The number of rotatable bonds is 5. The number of fused-ring (bicyclic) bond motifs is 2. The first-order valence-corrected chi connectivity index (χ1v) is 10.4. The number of carbonyl (C=O) groups excluding carboxylic acids is 1. The second-order valence-electron chi connectivity index (χ2n) is 7.69. The van der Waals surface area contributed by atoms with E-state index in [0.29, 0.717) is 29.1 Å². The Morgan fingerprint density at radius 2 is 1.81 bits per heavy atom. The molecule has 4 aromatic rings. The second kappa shape index (κ2) is 7.71. The lowest BCUT2D eigenvalue weighted by Crippen LogP contribution is -2.16. The van der Waals surface area contributed by atoms with Gasteiger partial charge in [-0.05, 0) is 43.4 Å². The fourth-order valence-electron chi connectivity index (χ4n) is 4.14. The summed E-state index contributed by atoms with van der Waals surface area (Å²) in [6.07, 6.45) is 4.05. The Labute approximate surface area is 179 Å². The van der Waals surface area contributed by atoms with Crippen molar-refractivity contribution < 1.29 is 4.79 Å². The summed E-state index contributed by atoms with van der Waals surface area (Å²) in [6, 6.07) is 15.4. The van der Waals surface area contributed by atoms with Gasteiger partial charge in [0.25, 0.3) is 5.91 Å². The van der Waals surface area contributed by atoms with E-state index in [-0.39, 0.29) is 5.95 Å². The highest BCUT2D eigenvalue weighted by molar-refractivity contribution is 6.04. The number of nitrogens with zero attached hydrogens (tertiary/aromatic N) is 4. The fraction of sp³-hybridized carbons (Fsp3) is 0.217. The fourth-order valence-corrected chi connectivity index (χ4v) is 4.14. The van der Waals surface area contributed by atoms with Gasteiger partial charge in [0.15, 0.2) is 0 Å². The van der Waals surface area contributed by atoms with Crippen LogP contribution in [0.2, 0.25) is 0 Å². The van der Waals surface area contributed by atoms with Gasteiger partial charge in [0.1, 0.15) is 11.3 Å². The maximum atomic E-state index is 11.8. The van der Waals surface area contributed by atoms with E-state index in [2.05, 4.69) is 22.4 Å². The molecule has 2 heterocycles. The molecule has 156 valence electrons. The van der Waals surface area contributed by atoms with Gasteiger partial charge >= 0.3 is 0 Å². The summed E-state index contributed by atoms with van der Waals surface area (Å²) in [5.74, 6) is 0.925. The molecule has 0 saturated carbocycles. The highest BCUT2D eigenvalue weighted by Crippen LogP contribution is 2.29. The number of amides is 1. The van der Waals surface area contributed by atoms with Crippen molar-refractivity contribution in [2.24, 2.45) is 5.73 Å². The molecule has 1 aliphatic rings. The van der Waals surface area contributed by atoms with Crippen molar-refractivity contribution in [2.75, 3.05) is 11.1 Å². The van der Waals surface area contributed by atoms with Crippen molar-refractivity contribution in [1.82, 2.24) is 19.5 Å². The molecule has 2 aromatic heterocycles. The van der Waals surface area contributed by atoms with Crippen molar-refractivity contribution in [1.29, 1.82) is 0 Å². The van der Waals surface area contributed by atoms with Crippen LogP contribution in [0.25, 0.3) is 17.0 Å². The first kappa shape index (κ1) is 19.0. The molecule has 1 aliphatic carbocycles. The molecule has 8 nitrogen and oxygen atoms in total. The SMILES string of the molecule is NC(=O)c1cccc2c1nc(N)n2-c1nc2c(c(NCc3ccccc3)n1)CCCC2. The summed E-state index contributed by atoms with van der Waals surface area (Å²) >= 11 is 0. The first-order valence-electron chi connectivity index (χ1n) is 10.4. The summed E-state index contributed by atoms with van der Waals surface area (Å²) in [6.45, 7) is 0.662. The number of nitrogens with one attached hydrogen (secondary N) is 1. The van der Waals surface area contributed by atoms with Gasteiger partial charge in [-0.25, -0.2) is 14.5 Å². The normalized spacial score (nSPS) is 13.2. The number of nitrogens with two attached hydrogens (primary N) is 2. The quantitative estimate of drug-likeness (QED) is 0.462. The molecule has 0 saturated heterocycles. The second-order valence-corrected chi connectivity index (χ2v) is 7.69. The molecular formula is C23H23N7O. The lowest BCUT2D eigenvalue weighted by molar-refractivity contribution is 0.100. The van der Waals surface area contributed by atoms with E-state index < -0.39 is 5.91 Å². The summed E-state index contributed by atoms with van der Waals surface area (Å²) in [5.41, 5.74) is 16.5. The molecule has 31 heavy (non-hydrogen) atoms. The van der Waals surface area contributed by atoms with Gasteiger partial charge in [-0.2, -0.15) is 4.98 Å². The van der Waals surface area contributed by atoms with Crippen LogP contribution in [-0.2, 0) is 19.4 Å². The molecule has 0 radical (unpaired) electrons. The van der Waals surface area contributed by atoms with Crippen molar-refractivity contribution >= 4 is 28.7 Å². The van der Waals surface area contributed by atoms with Crippen molar-refractivity contribution in [3.05, 3.63) is 70.9 Å². The van der Waals surface area contributed by atoms with E-state index in [9.17, 15) is 4.79 Å². The van der Waals surface area contributed by atoms with E-state index >= 15 is 0 Å². The lowest BCUT2D eigenvalue weighted by atomic mass is 9.96. The van der Waals surface area contributed by atoms with Gasteiger partial charge in [0, 0.05) is 12.1 Å². The zero-order chi connectivity index (χ0) is 21.4. The van der Waals surface area contributed by atoms with Gasteiger partial charge in [-0.15, -0.1) is 0 Å². The molecule has 2 aromatic carbocycles. The molecule has 0 bridgehead atoms. The minimum atomic E-state index is -0.549. The van der Waals surface area contributed by atoms with Gasteiger partial charge < -0.3 is 16.8 Å². The van der Waals surface area contributed by atoms with E-state index in [4.69, 9.17) is 21.4 Å². The van der Waals surface area contributed by atoms with Crippen LogP contribution >= 0.6 is 0 Å². The smallest absolute Gasteiger partial charge is 0.250 e. The number of carbonyl (C=O) groups is 1. The van der Waals surface area contributed by atoms with Crippen LogP contribution in [0.5, 0.6) is 0 Å². The number of anilines is 2. The molecule has 5 N–H and O–H groups in total. The predicted octanol–water partition coefficient (Wildman–Crippen LogP) is 2.99. The number of imidazole rings is 1. The highest BCUT2D eigenvalue weighted by Gasteiger charge is 2.22. The predicted molar refractivity (Wildman–Crippen MR) is 120 cm³/mol. The molecule has 5 rings (SSSR count). The number of nitrogen functional groups attached to an aromatic ring is 1. The molecule has 0 atom stereocenters. The average Bonchev–Trinajstić information content (AvgIpc) is 3.13. The highest BCUT2D eigenvalue weighted by atomic mass is 16.1. The number of benzene rings is 2. The molecule has 8 heteroatoms. The third-order valence-corrected chi connectivity index (χ3v) is 5.65. The zero-order valence-corrected chi connectivity index (χ0v) is 17.0. The molecule has 0 aliphatic heterocycles. The maximum Gasteiger partial charge on any atom is 0.250 e. The first-order chi connectivity index (χ1) is 15.1. The zero-order valence-electron chi connectivity index (χ0n) is 17.0. The Kier molecular flexibility index (Phi) is 4.74. The number of hydrogen-bond donors (Lipinski definition) is 3. The Balaban J connectivity index is 1.62. The van der Waals surface area contributed by atoms with E-state index in [1.165, 1.54) is 5.56 Å². The van der Waals surface area contributed by atoms with E-state index in [1.54, 1.807) is 16.7 Å². The minimum absolute atomic E-state index is 0.216. The average molecular weight is 413 g/mol. The van der Waals surface area contributed by atoms with Gasteiger partial charge in [0.2, 0.25) is 11.9 Å². The van der Waals surface area contributed by atoms with Gasteiger partial charge in [-0.3, -0.25) is 4.79 Å². The third-order valence-electron chi connectivity index (χ3n) is 5.65. The molecular weight excluding hydrogens is 390 g/mol. The lowest BCUT2D eigenvalue weighted by Gasteiger charge is -2.20. The number of hydrogen-bond acceptors (Lipinski definition) is 6. The van der Waals surface area contributed by atoms with Crippen LogP contribution in [0.1, 0.15) is 40.0 Å². The number of aryl methyl sites for hydroxylation is 1. The Bertz CT molecular complexity index is 1280. The van der Waals surface area contributed by atoms with Crippen LogP contribution in [0.3, 0.4) is 0 Å². The summed E-state index contributed by atoms with van der Waals surface area (Å²) in [5, 5.41) is 3.49. The van der Waals surface area contributed by atoms with Crippen LogP contribution in [0.15, 0.2) is 48.5 Å². The Morgan fingerprint density at radius 3 is 2.61 bits per heavy atom. The monoisotopic (exact) mass is 413 g/mol. The van der Waals surface area contributed by atoms with Crippen molar-refractivity contribution in [2.45, 2.75) is 32.2 Å². The minimum Gasteiger partial charge on any atom is -0.369 e. The van der Waals surface area contributed by atoms with Gasteiger partial charge in [0.05, 0.1) is 16.8 Å². The van der Waals surface area contributed by atoms with Crippen LogP contribution < -0.4 is 16.8 Å². The van der Waals surface area contributed by atoms with E-state index in [1.807, 2.05) is 24.3 Å². The summed E-state index contributed by atoms with van der Waals surface area (Å²) in [7, 11) is 0. The molecule has 0 spiro atoms. The van der Waals surface area contributed by atoms with Crippen molar-refractivity contribution in [3.63, 3.8) is 0 Å². The largest absolute Gasteiger partial charge is 0.369 e. The maximum absolute atomic E-state index is 11.8. The standard InChI is InChI=1S/C23H23N7O/c24-20(31)16-10-6-12-18-19(16)28-22(25)30(18)23-27-17-11-5-4-9-15(17)21(29-23)26-13-14-7-2-1-3-8-14/h1-3,6-8,10,12H,4-5,9,11,13H2,(H2,24,31)(H2,25,28)(H,26,27,29). The van der Waals surface area contributed by atoms with Crippen molar-refractivity contribution in [3.8, 4) is 5.95 Å². The summed E-state index contributed by atoms with van der Waals surface area (Å²) in [4.78, 5) is 25.9.